The van der Waals surface area contributed by atoms with E-state index in [2.05, 4.69) is 44.9 Å². The Labute approximate surface area is 166 Å². The standard InChI is InChI=1S/C20H31N7O/c1-13-7-8-18(23-12-13)25-19(28)9-10-22-20(21-5)24-14(2)11-17-15(3)26-27(6)16(17)4/h7-8,12,14H,9-11H2,1-6H3,(H2,21,22,24)(H,23,25,28). The third-order valence-electron chi connectivity index (χ3n) is 4.60. The van der Waals surface area contributed by atoms with Crippen LogP contribution in [0.1, 0.15) is 35.9 Å². The van der Waals surface area contributed by atoms with E-state index in [0.717, 1.165) is 17.7 Å². The Morgan fingerprint density at radius 2 is 2.04 bits per heavy atom. The summed E-state index contributed by atoms with van der Waals surface area (Å²) in [5, 5.41) is 13.8. The van der Waals surface area contributed by atoms with Crippen molar-refractivity contribution >= 4 is 17.7 Å². The van der Waals surface area contributed by atoms with E-state index in [-0.39, 0.29) is 11.9 Å². The summed E-state index contributed by atoms with van der Waals surface area (Å²) in [6.07, 6.45) is 2.91. The van der Waals surface area contributed by atoms with Crippen molar-refractivity contribution in [3.63, 3.8) is 0 Å². The van der Waals surface area contributed by atoms with Crippen LogP contribution in [0.4, 0.5) is 5.82 Å². The lowest BCUT2D eigenvalue weighted by atomic mass is 10.1. The number of carbonyl (C=O) groups excluding carboxylic acids is 1. The molecule has 0 aliphatic rings. The summed E-state index contributed by atoms with van der Waals surface area (Å²) in [6, 6.07) is 3.89. The molecular formula is C20H31N7O. The quantitative estimate of drug-likeness (QED) is 0.499. The van der Waals surface area contributed by atoms with E-state index >= 15 is 0 Å². The number of anilines is 1. The second-order valence-electron chi connectivity index (χ2n) is 7.04. The summed E-state index contributed by atoms with van der Waals surface area (Å²) in [5.74, 6) is 1.15. The highest BCUT2D eigenvalue weighted by Crippen LogP contribution is 2.14. The van der Waals surface area contributed by atoms with Gasteiger partial charge in [-0.3, -0.25) is 14.5 Å². The number of guanidine groups is 1. The van der Waals surface area contributed by atoms with Crippen molar-refractivity contribution in [3.05, 3.63) is 40.8 Å². The first-order valence-corrected chi connectivity index (χ1v) is 9.49. The minimum absolute atomic E-state index is 0.0889. The molecule has 152 valence electrons. The number of amides is 1. The Morgan fingerprint density at radius 1 is 1.29 bits per heavy atom. The van der Waals surface area contributed by atoms with Gasteiger partial charge in [0.15, 0.2) is 5.96 Å². The summed E-state index contributed by atoms with van der Waals surface area (Å²) < 4.78 is 1.91. The molecule has 8 heteroatoms. The van der Waals surface area contributed by atoms with E-state index < -0.39 is 0 Å². The molecule has 0 aliphatic heterocycles. The predicted molar refractivity (Wildman–Crippen MR) is 113 cm³/mol. The molecule has 0 fully saturated rings. The molecule has 1 atom stereocenters. The smallest absolute Gasteiger partial charge is 0.227 e. The van der Waals surface area contributed by atoms with Crippen LogP contribution in [-0.2, 0) is 18.3 Å². The highest BCUT2D eigenvalue weighted by atomic mass is 16.1. The van der Waals surface area contributed by atoms with Gasteiger partial charge in [0.2, 0.25) is 5.91 Å². The first-order chi connectivity index (χ1) is 13.3. The Balaban J connectivity index is 1.77. The van der Waals surface area contributed by atoms with Crippen LogP contribution in [-0.4, -0.2) is 46.3 Å². The minimum atomic E-state index is -0.0889. The van der Waals surface area contributed by atoms with E-state index in [9.17, 15) is 4.79 Å². The maximum atomic E-state index is 12.0. The third-order valence-corrected chi connectivity index (χ3v) is 4.60. The van der Waals surface area contributed by atoms with Crippen LogP contribution < -0.4 is 16.0 Å². The highest BCUT2D eigenvalue weighted by molar-refractivity contribution is 5.90. The first kappa shape index (κ1) is 21.4. The normalized spacial score (nSPS) is 12.6. The number of aliphatic imine (C=N–C) groups is 1. The van der Waals surface area contributed by atoms with Gasteiger partial charge in [-0.2, -0.15) is 5.10 Å². The van der Waals surface area contributed by atoms with E-state index in [1.807, 2.05) is 31.6 Å². The molecule has 8 nitrogen and oxygen atoms in total. The molecular weight excluding hydrogens is 354 g/mol. The van der Waals surface area contributed by atoms with Crippen LogP contribution in [0, 0.1) is 20.8 Å². The van der Waals surface area contributed by atoms with Gasteiger partial charge in [0.1, 0.15) is 5.82 Å². The molecule has 0 radical (unpaired) electrons. The summed E-state index contributed by atoms with van der Waals surface area (Å²) in [5.41, 5.74) is 4.54. The molecule has 0 saturated heterocycles. The van der Waals surface area contributed by atoms with Crippen LogP contribution in [0.15, 0.2) is 23.3 Å². The second kappa shape index (κ2) is 9.87. The van der Waals surface area contributed by atoms with Crippen molar-refractivity contribution in [2.75, 3.05) is 18.9 Å². The van der Waals surface area contributed by atoms with Crippen LogP contribution in [0.3, 0.4) is 0 Å². The number of hydrogen-bond donors (Lipinski definition) is 3. The lowest BCUT2D eigenvalue weighted by Crippen LogP contribution is -2.44. The maximum absolute atomic E-state index is 12.0. The van der Waals surface area contributed by atoms with Gasteiger partial charge in [0.05, 0.1) is 5.69 Å². The second-order valence-corrected chi connectivity index (χ2v) is 7.04. The number of rotatable bonds is 7. The lowest BCUT2D eigenvalue weighted by Gasteiger charge is -2.18. The number of aromatic nitrogens is 3. The lowest BCUT2D eigenvalue weighted by molar-refractivity contribution is -0.116. The minimum Gasteiger partial charge on any atom is -0.356 e. The Hall–Kier alpha value is -2.90. The number of nitrogens with zero attached hydrogens (tertiary/aromatic N) is 4. The summed E-state index contributed by atoms with van der Waals surface area (Å²) in [7, 11) is 3.68. The van der Waals surface area contributed by atoms with Gasteiger partial charge in [0.25, 0.3) is 0 Å². The number of pyridine rings is 1. The summed E-state index contributed by atoms with van der Waals surface area (Å²) in [6.45, 7) is 8.66. The van der Waals surface area contributed by atoms with Crippen molar-refractivity contribution in [1.82, 2.24) is 25.4 Å². The Kier molecular flexibility index (Phi) is 7.54. The Morgan fingerprint density at radius 3 is 2.61 bits per heavy atom. The van der Waals surface area contributed by atoms with Crippen molar-refractivity contribution in [3.8, 4) is 0 Å². The SMILES string of the molecule is CN=C(NCCC(=O)Nc1ccc(C)cn1)NC(C)Cc1c(C)nn(C)c1C. The van der Waals surface area contributed by atoms with Crippen molar-refractivity contribution in [1.29, 1.82) is 0 Å². The van der Waals surface area contributed by atoms with Gasteiger partial charge in [-0.05, 0) is 51.3 Å². The number of aryl methyl sites for hydroxylation is 3. The van der Waals surface area contributed by atoms with Crippen molar-refractivity contribution < 1.29 is 4.79 Å². The molecule has 2 aromatic heterocycles. The molecule has 1 unspecified atom stereocenters. The molecule has 2 heterocycles. The molecule has 0 saturated carbocycles. The topological polar surface area (TPSA) is 96.2 Å². The molecule has 1 amide bonds. The molecule has 0 bridgehead atoms. The zero-order valence-corrected chi connectivity index (χ0v) is 17.6. The van der Waals surface area contributed by atoms with Gasteiger partial charge in [-0.15, -0.1) is 0 Å². The van der Waals surface area contributed by atoms with Crippen LogP contribution in [0.5, 0.6) is 0 Å². The van der Waals surface area contributed by atoms with Gasteiger partial charge in [0, 0.05) is 45.0 Å². The molecule has 0 spiro atoms. The van der Waals surface area contributed by atoms with Crippen LogP contribution >= 0.6 is 0 Å². The molecule has 2 aromatic rings. The van der Waals surface area contributed by atoms with E-state index in [4.69, 9.17) is 0 Å². The molecule has 28 heavy (non-hydrogen) atoms. The number of carbonyl (C=O) groups is 1. The van der Waals surface area contributed by atoms with Crippen LogP contribution in [0.25, 0.3) is 0 Å². The first-order valence-electron chi connectivity index (χ1n) is 9.49. The van der Waals surface area contributed by atoms with Gasteiger partial charge >= 0.3 is 0 Å². The zero-order chi connectivity index (χ0) is 20.7. The Bertz CT molecular complexity index is 824. The highest BCUT2D eigenvalue weighted by Gasteiger charge is 2.14. The fraction of sp³-hybridized carbons (Fsp3) is 0.500. The number of nitrogens with one attached hydrogen (secondary N) is 3. The summed E-state index contributed by atoms with van der Waals surface area (Å²) in [4.78, 5) is 20.5. The molecule has 2 rings (SSSR count). The predicted octanol–water partition coefficient (Wildman–Crippen LogP) is 1.87. The van der Waals surface area contributed by atoms with Crippen LogP contribution in [0.2, 0.25) is 0 Å². The van der Waals surface area contributed by atoms with Gasteiger partial charge in [-0.25, -0.2) is 4.98 Å². The third kappa shape index (κ3) is 6.07. The average Bonchev–Trinajstić information content (AvgIpc) is 2.89. The fourth-order valence-corrected chi connectivity index (χ4v) is 2.94. The van der Waals surface area contributed by atoms with E-state index in [1.54, 1.807) is 19.3 Å². The van der Waals surface area contributed by atoms with E-state index in [1.165, 1.54) is 11.3 Å². The molecule has 3 N–H and O–H groups in total. The fourth-order valence-electron chi connectivity index (χ4n) is 2.94. The number of hydrogen-bond acceptors (Lipinski definition) is 4. The van der Waals surface area contributed by atoms with Gasteiger partial charge in [-0.1, -0.05) is 6.07 Å². The maximum Gasteiger partial charge on any atom is 0.227 e. The monoisotopic (exact) mass is 385 g/mol. The van der Waals surface area contributed by atoms with E-state index in [0.29, 0.717) is 24.7 Å². The average molecular weight is 386 g/mol. The summed E-state index contributed by atoms with van der Waals surface area (Å²) >= 11 is 0. The molecule has 0 aromatic carbocycles. The zero-order valence-electron chi connectivity index (χ0n) is 17.6. The largest absolute Gasteiger partial charge is 0.356 e. The van der Waals surface area contributed by atoms with Crippen molar-refractivity contribution in [2.24, 2.45) is 12.0 Å². The van der Waals surface area contributed by atoms with Gasteiger partial charge < -0.3 is 16.0 Å². The molecule has 0 aliphatic carbocycles. The van der Waals surface area contributed by atoms with Crippen molar-refractivity contribution in [2.45, 2.75) is 46.6 Å².